The van der Waals surface area contributed by atoms with Gasteiger partial charge in [0.25, 0.3) is 0 Å². The predicted octanol–water partition coefficient (Wildman–Crippen LogP) is 4.43. The normalized spacial score (nSPS) is 24.4. The van der Waals surface area contributed by atoms with Gasteiger partial charge in [0.2, 0.25) is 5.88 Å². The number of nitrogens with one attached hydrogen (secondary N) is 1. The molecule has 2 amide bonds. The van der Waals surface area contributed by atoms with Crippen LogP contribution >= 0.6 is 0 Å². The number of rotatable bonds is 4. The summed E-state index contributed by atoms with van der Waals surface area (Å²) < 4.78 is 34.9. The molecule has 7 nitrogen and oxygen atoms in total. The van der Waals surface area contributed by atoms with E-state index in [4.69, 9.17) is 4.74 Å². The predicted molar refractivity (Wildman–Crippen MR) is 118 cm³/mol. The van der Waals surface area contributed by atoms with E-state index in [-0.39, 0.29) is 29.8 Å². The minimum Gasteiger partial charge on any atom is -0.472 e. The van der Waals surface area contributed by atoms with Gasteiger partial charge in [-0.3, -0.25) is 4.68 Å². The second-order valence-corrected chi connectivity index (χ2v) is 8.84. The SMILES string of the molecule is Cc1cnn([C@H]2C[C@H]3CN(C(=O)Nc4ccc(F)c(F)c4)C[C@H]3C[C@@H]2Oc2ccccn2)c1. The highest BCUT2D eigenvalue weighted by molar-refractivity contribution is 5.89. The van der Waals surface area contributed by atoms with E-state index in [1.54, 1.807) is 11.1 Å². The summed E-state index contributed by atoms with van der Waals surface area (Å²) in [4.78, 5) is 18.9. The van der Waals surface area contributed by atoms with Crippen LogP contribution in [0.5, 0.6) is 5.88 Å². The Bertz CT molecular complexity index is 1140. The fourth-order valence-corrected chi connectivity index (χ4v) is 4.92. The molecule has 1 aromatic carbocycles. The van der Waals surface area contributed by atoms with E-state index in [0.717, 1.165) is 30.5 Å². The van der Waals surface area contributed by atoms with Gasteiger partial charge in [0.15, 0.2) is 11.6 Å². The van der Waals surface area contributed by atoms with Gasteiger partial charge < -0.3 is 15.0 Å². The Morgan fingerprint density at radius 1 is 1.12 bits per heavy atom. The molecule has 1 aliphatic carbocycles. The third kappa shape index (κ3) is 4.53. The molecular weight excluding hydrogens is 428 g/mol. The molecule has 4 atom stereocenters. The Morgan fingerprint density at radius 3 is 2.64 bits per heavy atom. The van der Waals surface area contributed by atoms with E-state index in [1.807, 2.05) is 42.2 Å². The fraction of sp³-hybridized carbons (Fsp3) is 0.375. The number of pyridine rings is 1. The number of halogens is 2. The van der Waals surface area contributed by atoms with Crippen molar-refractivity contribution in [3.63, 3.8) is 0 Å². The highest BCUT2D eigenvalue weighted by atomic mass is 19.2. The number of likely N-dealkylation sites (tertiary alicyclic amines) is 1. The summed E-state index contributed by atoms with van der Waals surface area (Å²) in [6, 6.07) is 8.63. The van der Waals surface area contributed by atoms with Crippen LogP contribution in [0.2, 0.25) is 0 Å². The number of amides is 2. The number of carbonyl (C=O) groups is 1. The van der Waals surface area contributed by atoms with Crippen molar-refractivity contribution in [3.8, 4) is 5.88 Å². The van der Waals surface area contributed by atoms with Crippen LogP contribution in [0.25, 0.3) is 0 Å². The van der Waals surface area contributed by atoms with Gasteiger partial charge in [-0.05, 0) is 55.4 Å². The van der Waals surface area contributed by atoms with Crippen molar-refractivity contribution in [2.45, 2.75) is 31.9 Å². The molecule has 3 heterocycles. The van der Waals surface area contributed by atoms with Gasteiger partial charge in [-0.1, -0.05) is 6.07 Å². The van der Waals surface area contributed by atoms with Crippen LogP contribution in [0, 0.1) is 30.4 Å². The number of hydrogen-bond donors (Lipinski definition) is 1. The molecule has 2 aliphatic rings. The number of aryl methyl sites for hydroxylation is 1. The van der Waals surface area contributed by atoms with Crippen LogP contribution in [0.15, 0.2) is 55.0 Å². The van der Waals surface area contributed by atoms with Crippen LogP contribution in [-0.4, -0.2) is 44.9 Å². The molecule has 9 heteroatoms. The Labute approximate surface area is 190 Å². The Hall–Kier alpha value is -3.49. The van der Waals surface area contributed by atoms with Crippen LogP contribution in [-0.2, 0) is 0 Å². The number of urea groups is 1. The van der Waals surface area contributed by atoms with Gasteiger partial charge in [-0.25, -0.2) is 18.6 Å². The van der Waals surface area contributed by atoms with E-state index < -0.39 is 11.6 Å². The molecule has 1 N–H and O–H groups in total. The Kier molecular flexibility index (Phi) is 5.70. The fourth-order valence-electron chi connectivity index (χ4n) is 4.92. The third-order valence-corrected chi connectivity index (χ3v) is 6.52. The van der Waals surface area contributed by atoms with Gasteiger partial charge in [-0.15, -0.1) is 0 Å². The summed E-state index contributed by atoms with van der Waals surface area (Å²) in [6.45, 7) is 3.17. The van der Waals surface area contributed by atoms with Gasteiger partial charge in [-0.2, -0.15) is 5.10 Å². The molecule has 3 aromatic rings. The van der Waals surface area contributed by atoms with Crippen LogP contribution in [0.1, 0.15) is 24.4 Å². The second-order valence-electron chi connectivity index (χ2n) is 8.84. The first kappa shape index (κ1) is 21.4. The van der Waals surface area contributed by atoms with Crippen LogP contribution in [0.3, 0.4) is 0 Å². The number of anilines is 1. The van der Waals surface area contributed by atoms with E-state index in [9.17, 15) is 13.6 Å². The highest BCUT2D eigenvalue weighted by Crippen LogP contribution is 2.42. The molecule has 172 valence electrons. The summed E-state index contributed by atoms with van der Waals surface area (Å²) in [5.41, 5.74) is 1.31. The first-order valence-electron chi connectivity index (χ1n) is 11.1. The number of fused-ring (bicyclic) bond motifs is 1. The van der Waals surface area contributed by atoms with E-state index in [1.165, 1.54) is 6.07 Å². The van der Waals surface area contributed by atoms with Crippen molar-refractivity contribution in [3.05, 3.63) is 72.2 Å². The van der Waals surface area contributed by atoms with Crippen molar-refractivity contribution in [2.75, 3.05) is 18.4 Å². The van der Waals surface area contributed by atoms with Crippen molar-refractivity contribution in [1.29, 1.82) is 0 Å². The lowest BCUT2D eigenvalue weighted by atomic mass is 9.77. The number of nitrogens with zero attached hydrogens (tertiary/aromatic N) is 4. The molecule has 2 aromatic heterocycles. The first-order valence-corrected chi connectivity index (χ1v) is 11.1. The number of ether oxygens (including phenoxy) is 1. The quantitative estimate of drug-likeness (QED) is 0.635. The van der Waals surface area contributed by atoms with Gasteiger partial charge in [0.05, 0.1) is 12.2 Å². The number of benzene rings is 1. The maximum atomic E-state index is 13.5. The molecule has 1 saturated heterocycles. The summed E-state index contributed by atoms with van der Waals surface area (Å²) >= 11 is 0. The maximum absolute atomic E-state index is 13.5. The molecule has 0 bridgehead atoms. The average molecular weight is 453 g/mol. The number of aromatic nitrogens is 3. The third-order valence-electron chi connectivity index (χ3n) is 6.52. The van der Waals surface area contributed by atoms with E-state index in [0.29, 0.717) is 24.9 Å². The summed E-state index contributed by atoms with van der Waals surface area (Å²) in [5, 5.41) is 7.21. The average Bonchev–Trinajstić information content (AvgIpc) is 3.42. The van der Waals surface area contributed by atoms with Crippen LogP contribution < -0.4 is 10.1 Å². The van der Waals surface area contributed by atoms with E-state index >= 15 is 0 Å². The minimum atomic E-state index is -0.991. The molecule has 1 aliphatic heterocycles. The smallest absolute Gasteiger partial charge is 0.321 e. The molecule has 2 fully saturated rings. The first-order chi connectivity index (χ1) is 16.0. The van der Waals surface area contributed by atoms with Gasteiger partial charge >= 0.3 is 6.03 Å². The zero-order chi connectivity index (χ0) is 22.9. The molecule has 0 spiro atoms. The highest BCUT2D eigenvalue weighted by Gasteiger charge is 2.45. The zero-order valence-corrected chi connectivity index (χ0v) is 18.2. The Balaban J connectivity index is 1.31. The minimum absolute atomic E-state index is 0.0242. The molecule has 5 rings (SSSR count). The summed E-state index contributed by atoms with van der Waals surface area (Å²) in [5.74, 6) is -0.810. The molecular formula is C24H25F2N5O2. The van der Waals surface area contributed by atoms with Crippen molar-refractivity contribution < 1.29 is 18.3 Å². The Morgan fingerprint density at radius 2 is 1.94 bits per heavy atom. The van der Waals surface area contributed by atoms with Crippen molar-refractivity contribution >= 4 is 11.7 Å². The summed E-state index contributed by atoms with van der Waals surface area (Å²) in [6.07, 6.45) is 7.00. The number of carbonyl (C=O) groups excluding carboxylic acids is 1. The standard InChI is InChI=1S/C24H25F2N5O2/c1-15-11-28-31(12-15)21-8-16-13-30(24(32)29-18-5-6-19(25)20(26)10-18)14-17(16)9-22(21)33-23-4-2-3-7-27-23/h2-7,10-12,16-17,21-22H,8-9,13-14H2,1H3,(H,29,32)/t16-,17+,21-,22-/m0/s1. The second kappa shape index (κ2) is 8.80. The molecule has 33 heavy (non-hydrogen) atoms. The topological polar surface area (TPSA) is 72.3 Å². The largest absolute Gasteiger partial charge is 0.472 e. The van der Waals surface area contributed by atoms with Crippen molar-refractivity contribution in [2.24, 2.45) is 11.8 Å². The zero-order valence-electron chi connectivity index (χ0n) is 18.2. The molecule has 1 saturated carbocycles. The lowest BCUT2D eigenvalue weighted by Crippen LogP contribution is -2.40. The lowest BCUT2D eigenvalue weighted by molar-refractivity contribution is 0.0459. The molecule has 0 unspecified atom stereocenters. The monoisotopic (exact) mass is 453 g/mol. The maximum Gasteiger partial charge on any atom is 0.321 e. The van der Waals surface area contributed by atoms with Gasteiger partial charge in [0, 0.05) is 43.3 Å². The van der Waals surface area contributed by atoms with Crippen LogP contribution in [0.4, 0.5) is 19.3 Å². The van der Waals surface area contributed by atoms with Crippen molar-refractivity contribution in [1.82, 2.24) is 19.7 Å². The van der Waals surface area contributed by atoms with Gasteiger partial charge in [0.1, 0.15) is 6.10 Å². The molecule has 0 radical (unpaired) electrons. The van der Waals surface area contributed by atoms with E-state index in [2.05, 4.69) is 15.4 Å². The number of hydrogen-bond acceptors (Lipinski definition) is 4. The lowest BCUT2D eigenvalue weighted by Gasteiger charge is -2.37. The summed E-state index contributed by atoms with van der Waals surface area (Å²) in [7, 11) is 0.